The molecule has 0 aliphatic heterocycles. The first-order valence-electron chi connectivity index (χ1n) is 8.05. The molecule has 124 valence electrons. The predicted octanol–water partition coefficient (Wildman–Crippen LogP) is 2.75. The lowest BCUT2D eigenvalue weighted by molar-refractivity contribution is 0.0953. The number of amides is 1. The van der Waals surface area contributed by atoms with Crippen molar-refractivity contribution < 1.29 is 4.79 Å². The third-order valence-electron chi connectivity index (χ3n) is 3.69. The summed E-state index contributed by atoms with van der Waals surface area (Å²) in [4.78, 5) is 23.7. The highest BCUT2D eigenvalue weighted by atomic mass is 16.1. The fourth-order valence-corrected chi connectivity index (χ4v) is 2.53. The molecule has 0 aliphatic rings. The van der Waals surface area contributed by atoms with E-state index in [1.807, 2.05) is 38.2 Å². The average molecular weight is 323 g/mol. The second kappa shape index (κ2) is 7.12. The van der Waals surface area contributed by atoms with Gasteiger partial charge in [-0.2, -0.15) is 0 Å². The van der Waals surface area contributed by atoms with Crippen molar-refractivity contribution in [3.8, 4) is 0 Å². The highest BCUT2D eigenvalue weighted by Gasteiger charge is 2.08. The van der Waals surface area contributed by atoms with Crippen molar-refractivity contribution in [3.05, 3.63) is 54.0 Å². The quantitative estimate of drug-likeness (QED) is 0.651. The van der Waals surface area contributed by atoms with E-state index < -0.39 is 0 Å². The summed E-state index contributed by atoms with van der Waals surface area (Å²) in [7, 11) is 0. The number of aromatic amines is 1. The van der Waals surface area contributed by atoms with E-state index in [1.54, 1.807) is 12.4 Å². The van der Waals surface area contributed by atoms with Crippen LogP contribution in [0.4, 0.5) is 5.95 Å². The molecule has 2 aromatic heterocycles. The van der Waals surface area contributed by atoms with E-state index in [-0.39, 0.29) is 11.9 Å². The van der Waals surface area contributed by atoms with E-state index in [2.05, 4.69) is 31.7 Å². The van der Waals surface area contributed by atoms with Crippen LogP contribution < -0.4 is 10.6 Å². The minimum atomic E-state index is -0.161. The van der Waals surface area contributed by atoms with Crippen LogP contribution in [-0.2, 0) is 6.42 Å². The van der Waals surface area contributed by atoms with Crippen molar-refractivity contribution in [2.24, 2.45) is 0 Å². The fraction of sp³-hybridized carbons (Fsp3) is 0.278. The topological polar surface area (TPSA) is 82.7 Å². The minimum Gasteiger partial charge on any atom is -0.361 e. The number of benzene rings is 1. The van der Waals surface area contributed by atoms with Gasteiger partial charge >= 0.3 is 0 Å². The molecule has 3 N–H and O–H groups in total. The van der Waals surface area contributed by atoms with Gasteiger partial charge in [-0.15, -0.1) is 0 Å². The molecule has 0 saturated carbocycles. The Kier molecular flexibility index (Phi) is 4.74. The largest absolute Gasteiger partial charge is 0.361 e. The second-order valence-electron chi connectivity index (χ2n) is 5.96. The molecule has 3 aromatic rings. The summed E-state index contributed by atoms with van der Waals surface area (Å²) in [5, 5.41) is 7.19. The van der Waals surface area contributed by atoms with Crippen LogP contribution in [0.15, 0.2) is 42.9 Å². The highest BCUT2D eigenvalue weighted by molar-refractivity contribution is 5.93. The summed E-state index contributed by atoms with van der Waals surface area (Å²) in [6.45, 7) is 4.58. The summed E-state index contributed by atoms with van der Waals surface area (Å²) in [5.74, 6) is 0.367. The summed E-state index contributed by atoms with van der Waals surface area (Å²) in [6.07, 6.45) is 5.84. The van der Waals surface area contributed by atoms with Gasteiger partial charge in [0.25, 0.3) is 5.91 Å². The summed E-state index contributed by atoms with van der Waals surface area (Å²) in [5.41, 5.74) is 2.77. The molecule has 3 rings (SSSR count). The Hall–Kier alpha value is -2.89. The van der Waals surface area contributed by atoms with E-state index in [1.165, 1.54) is 10.9 Å². The van der Waals surface area contributed by atoms with E-state index in [0.717, 1.165) is 11.9 Å². The standard InChI is InChI=1S/C18H21N5O/c1-12(2)23-18-21-10-14(11-22-18)17(24)19-8-7-13-9-20-16-6-4-3-5-15(13)16/h3-6,9-12,20H,7-8H2,1-2H3,(H,19,24)(H,21,22,23). The van der Waals surface area contributed by atoms with E-state index in [9.17, 15) is 4.79 Å². The molecule has 0 unspecified atom stereocenters. The number of H-pyrrole nitrogens is 1. The van der Waals surface area contributed by atoms with Crippen LogP contribution in [0.25, 0.3) is 10.9 Å². The number of fused-ring (bicyclic) bond motifs is 1. The molecule has 1 aromatic carbocycles. The molecule has 1 amide bonds. The van der Waals surface area contributed by atoms with Crippen LogP contribution >= 0.6 is 0 Å². The zero-order valence-electron chi connectivity index (χ0n) is 13.8. The van der Waals surface area contributed by atoms with Crippen molar-refractivity contribution in [1.29, 1.82) is 0 Å². The first kappa shape index (κ1) is 16.0. The Labute approximate surface area is 140 Å². The summed E-state index contributed by atoms with van der Waals surface area (Å²) >= 11 is 0. The third kappa shape index (κ3) is 3.71. The number of carbonyl (C=O) groups excluding carboxylic acids is 1. The first-order chi connectivity index (χ1) is 11.6. The molecule has 0 saturated heterocycles. The Morgan fingerprint density at radius 3 is 2.71 bits per heavy atom. The average Bonchev–Trinajstić information content (AvgIpc) is 2.98. The number of para-hydroxylation sites is 1. The molecule has 0 aliphatic carbocycles. The van der Waals surface area contributed by atoms with E-state index >= 15 is 0 Å². The molecule has 6 nitrogen and oxygen atoms in total. The van der Waals surface area contributed by atoms with Gasteiger partial charge in [0, 0.05) is 42.1 Å². The monoisotopic (exact) mass is 323 g/mol. The Morgan fingerprint density at radius 1 is 1.21 bits per heavy atom. The number of anilines is 1. The molecular weight excluding hydrogens is 302 g/mol. The van der Waals surface area contributed by atoms with Gasteiger partial charge in [-0.25, -0.2) is 9.97 Å². The maximum atomic E-state index is 12.2. The van der Waals surface area contributed by atoms with Crippen LogP contribution in [0.2, 0.25) is 0 Å². The van der Waals surface area contributed by atoms with Crippen molar-refractivity contribution in [3.63, 3.8) is 0 Å². The summed E-state index contributed by atoms with van der Waals surface area (Å²) < 4.78 is 0. The number of hydrogen-bond acceptors (Lipinski definition) is 4. The Bertz CT molecular complexity index is 823. The number of rotatable bonds is 6. The maximum absolute atomic E-state index is 12.2. The SMILES string of the molecule is CC(C)Nc1ncc(C(=O)NCCc2c[nH]c3ccccc23)cn1. The molecule has 2 heterocycles. The van der Waals surface area contributed by atoms with Crippen LogP contribution in [-0.4, -0.2) is 33.4 Å². The van der Waals surface area contributed by atoms with Crippen molar-refractivity contribution in [2.45, 2.75) is 26.3 Å². The van der Waals surface area contributed by atoms with Crippen LogP contribution in [0, 0.1) is 0 Å². The van der Waals surface area contributed by atoms with Gasteiger partial charge in [-0.3, -0.25) is 4.79 Å². The van der Waals surface area contributed by atoms with Gasteiger partial charge in [0.1, 0.15) is 0 Å². The number of aromatic nitrogens is 3. The predicted molar refractivity (Wildman–Crippen MR) is 95.1 cm³/mol. The number of nitrogens with zero attached hydrogens (tertiary/aromatic N) is 2. The second-order valence-corrected chi connectivity index (χ2v) is 5.96. The first-order valence-corrected chi connectivity index (χ1v) is 8.05. The number of carbonyl (C=O) groups is 1. The van der Waals surface area contributed by atoms with E-state index in [0.29, 0.717) is 18.1 Å². The van der Waals surface area contributed by atoms with Crippen molar-refractivity contribution in [1.82, 2.24) is 20.3 Å². The minimum absolute atomic E-state index is 0.161. The van der Waals surface area contributed by atoms with Gasteiger partial charge in [0.05, 0.1) is 5.56 Å². The van der Waals surface area contributed by atoms with Gasteiger partial charge in [-0.05, 0) is 31.9 Å². The zero-order valence-corrected chi connectivity index (χ0v) is 13.8. The van der Waals surface area contributed by atoms with Crippen LogP contribution in [0.5, 0.6) is 0 Å². The van der Waals surface area contributed by atoms with Crippen molar-refractivity contribution in [2.75, 3.05) is 11.9 Å². The van der Waals surface area contributed by atoms with Gasteiger partial charge < -0.3 is 15.6 Å². The van der Waals surface area contributed by atoms with Gasteiger partial charge in [0.15, 0.2) is 0 Å². The molecule has 0 atom stereocenters. The fourth-order valence-electron chi connectivity index (χ4n) is 2.53. The Balaban J connectivity index is 1.55. The normalized spacial score (nSPS) is 11.0. The summed E-state index contributed by atoms with van der Waals surface area (Å²) in [6, 6.07) is 8.39. The van der Waals surface area contributed by atoms with Crippen molar-refractivity contribution >= 4 is 22.8 Å². The van der Waals surface area contributed by atoms with Crippen LogP contribution in [0.3, 0.4) is 0 Å². The number of hydrogen-bond donors (Lipinski definition) is 3. The molecular formula is C18H21N5O. The smallest absolute Gasteiger partial charge is 0.254 e. The lowest BCUT2D eigenvalue weighted by atomic mass is 10.1. The lowest BCUT2D eigenvalue weighted by Crippen LogP contribution is -2.26. The zero-order chi connectivity index (χ0) is 16.9. The molecule has 0 spiro atoms. The maximum Gasteiger partial charge on any atom is 0.254 e. The Morgan fingerprint density at radius 2 is 1.96 bits per heavy atom. The molecule has 0 bridgehead atoms. The highest BCUT2D eigenvalue weighted by Crippen LogP contribution is 2.17. The third-order valence-corrected chi connectivity index (χ3v) is 3.69. The lowest BCUT2D eigenvalue weighted by Gasteiger charge is -2.08. The number of nitrogens with one attached hydrogen (secondary N) is 3. The molecule has 0 fully saturated rings. The molecule has 0 radical (unpaired) electrons. The van der Waals surface area contributed by atoms with Gasteiger partial charge in [-0.1, -0.05) is 18.2 Å². The van der Waals surface area contributed by atoms with E-state index in [4.69, 9.17) is 0 Å². The molecule has 6 heteroatoms. The molecule has 24 heavy (non-hydrogen) atoms. The van der Waals surface area contributed by atoms with Crippen LogP contribution in [0.1, 0.15) is 29.8 Å². The van der Waals surface area contributed by atoms with Gasteiger partial charge in [0.2, 0.25) is 5.95 Å².